The van der Waals surface area contributed by atoms with Crippen molar-refractivity contribution in [1.82, 2.24) is 5.32 Å². The van der Waals surface area contributed by atoms with Gasteiger partial charge in [-0.05, 0) is 33.6 Å². The average molecular weight is 201 g/mol. The molecule has 0 radical (unpaired) electrons. The van der Waals surface area contributed by atoms with E-state index in [1.54, 1.807) is 0 Å². The maximum Gasteiger partial charge on any atom is 0.0590 e. The Morgan fingerprint density at radius 1 is 1.29 bits per heavy atom. The van der Waals surface area contributed by atoms with E-state index < -0.39 is 0 Å². The van der Waals surface area contributed by atoms with Crippen LogP contribution in [0.1, 0.15) is 33.6 Å². The molecule has 1 N–H and O–H groups in total. The van der Waals surface area contributed by atoms with Crippen molar-refractivity contribution in [2.45, 2.75) is 51.9 Å². The molecule has 0 saturated carbocycles. The van der Waals surface area contributed by atoms with Crippen molar-refractivity contribution < 1.29 is 9.47 Å². The summed E-state index contributed by atoms with van der Waals surface area (Å²) >= 11 is 0. The third kappa shape index (κ3) is 4.40. The minimum atomic E-state index is 0.392. The zero-order valence-corrected chi connectivity index (χ0v) is 9.58. The summed E-state index contributed by atoms with van der Waals surface area (Å²) in [4.78, 5) is 0. The van der Waals surface area contributed by atoms with Crippen molar-refractivity contribution in [3.63, 3.8) is 0 Å². The molecular formula is C11H23NO2. The van der Waals surface area contributed by atoms with Gasteiger partial charge in [0.1, 0.15) is 0 Å². The number of rotatable bonds is 5. The maximum atomic E-state index is 5.67. The van der Waals surface area contributed by atoms with Crippen LogP contribution in [0.4, 0.5) is 0 Å². The van der Waals surface area contributed by atoms with Crippen LogP contribution in [0.5, 0.6) is 0 Å². The van der Waals surface area contributed by atoms with Gasteiger partial charge in [-0.2, -0.15) is 0 Å². The van der Waals surface area contributed by atoms with E-state index in [0.29, 0.717) is 18.2 Å². The molecule has 1 aliphatic heterocycles. The minimum absolute atomic E-state index is 0.392. The van der Waals surface area contributed by atoms with Crippen LogP contribution in [-0.4, -0.2) is 38.0 Å². The molecule has 3 atom stereocenters. The van der Waals surface area contributed by atoms with E-state index in [0.717, 1.165) is 32.6 Å². The van der Waals surface area contributed by atoms with Crippen LogP contribution in [0.15, 0.2) is 0 Å². The predicted molar refractivity (Wildman–Crippen MR) is 57.5 cm³/mol. The Kier molecular flexibility index (Phi) is 5.45. The SMILES string of the molecule is CCOCCNC1C[C@@H](C)O[C@@H](C)C1. The standard InChI is InChI=1S/C11H23NO2/c1-4-13-6-5-12-11-7-9(2)14-10(3)8-11/h9-12H,4-8H2,1-3H3/t9-,10+,11?. The first-order valence-electron chi connectivity index (χ1n) is 5.69. The molecule has 0 aromatic heterocycles. The van der Waals surface area contributed by atoms with Crippen molar-refractivity contribution in [2.75, 3.05) is 19.8 Å². The highest BCUT2D eigenvalue weighted by molar-refractivity contribution is 4.78. The van der Waals surface area contributed by atoms with Crippen LogP contribution in [0.2, 0.25) is 0 Å². The summed E-state index contributed by atoms with van der Waals surface area (Å²) in [5.74, 6) is 0. The molecule has 1 saturated heterocycles. The number of nitrogens with one attached hydrogen (secondary N) is 1. The molecule has 84 valence electrons. The lowest BCUT2D eigenvalue weighted by Crippen LogP contribution is -2.42. The molecule has 14 heavy (non-hydrogen) atoms. The van der Waals surface area contributed by atoms with Crippen LogP contribution in [0, 0.1) is 0 Å². The molecule has 1 rings (SSSR count). The van der Waals surface area contributed by atoms with Crippen molar-refractivity contribution in [1.29, 1.82) is 0 Å². The lowest BCUT2D eigenvalue weighted by atomic mass is 10.00. The Morgan fingerprint density at radius 2 is 1.93 bits per heavy atom. The molecule has 3 heteroatoms. The summed E-state index contributed by atoms with van der Waals surface area (Å²) in [6, 6.07) is 0.606. The lowest BCUT2D eigenvalue weighted by Gasteiger charge is -2.32. The minimum Gasteiger partial charge on any atom is -0.380 e. The first kappa shape index (κ1) is 12.0. The molecule has 1 fully saturated rings. The Bertz CT molecular complexity index is 142. The summed E-state index contributed by atoms with van der Waals surface area (Å²) in [5, 5.41) is 3.51. The molecule has 1 unspecified atom stereocenters. The first-order chi connectivity index (χ1) is 6.72. The molecular weight excluding hydrogens is 178 g/mol. The van der Waals surface area contributed by atoms with Gasteiger partial charge < -0.3 is 14.8 Å². The highest BCUT2D eigenvalue weighted by atomic mass is 16.5. The van der Waals surface area contributed by atoms with Gasteiger partial charge in [0, 0.05) is 19.2 Å². The Balaban J connectivity index is 2.10. The normalized spacial score (nSPS) is 33.2. The van der Waals surface area contributed by atoms with Crippen LogP contribution < -0.4 is 5.32 Å². The second-order valence-electron chi connectivity index (χ2n) is 4.08. The van der Waals surface area contributed by atoms with Gasteiger partial charge in [-0.3, -0.25) is 0 Å². The van der Waals surface area contributed by atoms with Gasteiger partial charge in [-0.1, -0.05) is 0 Å². The summed E-state index contributed by atoms with van der Waals surface area (Å²) in [7, 11) is 0. The zero-order chi connectivity index (χ0) is 10.4. The molecule has 0 bridgehead atoms. The van der Waals surface area contributed by atoms with Gasteiger partial charge in [-0.25, -0.2) is 0 Å². The van der Waals surface area contributed by atoms with E-state index in [9.17, 15) is 0 Å². The molecule has 0 amide bonds. The van der Waals surface area contributed by atoms with Gasteiger partial charge in [0.05, 0.1) is 18.8 Å². The van der Waals surface area contributed by atoms with Gasteiger partial charge in [-0.15, -0.1) is 0 Å². The van der Waals surface area contributed by atoms with Crippen LogP contribution in [-0.2, 0) is 9.47 Å². The van der Waals surface area contributed by atoms with E-state index in [1.807, 2.05) is 6.92 Å². The largest absolute Gasteiger partial charge is 0.380 e. The van der Waals surface area contributed by atoms with Crippen molar-refractivity contribution in [3.05, 3.63) is 0 Å². The molecule has 0 aromatic rings. The second kappa shape index (κ2) is 6.38. The third-order valence-corrected chi connectivity index (χ3v) is 2.58. The molecule has 0 spiro atoms. The van der Waals surface area contributed by atoms with Gasteiger partial charge in [0.2, 0.25) is 0 Å². The Morgan fingerprint density at radius 3 is 2.50 bits per heavy atom. The van der Waals surface area contributed by atoms with Gasteiger partial charge in [0.15, 0.2) is 0 Å². The summed E-state index contributed by atoms with van der Waals surface area (Å²) in [5.41, 5.74) is 0. The zero-order valence-electron chi connectivity index (χ0n) is 9.58. The topological polar surface area (TPSA) is 30.5 Å². The number of ether oxygens (including phenoxy) is 2. The molecule has 0 aliphatic carbocycles. The predicted octanol–water partition coefficient (Wildman–Crippen LogP) is 1.57. The fourth-order valence-electron chi connectivity index (χ4n) is 2.05. The third-order valence-electron chi connectivity index (χ3n) is 2.58. The number of hydrogen-bond donors (Lipinski definition) is 1. The summed E-state index contributed by atoms with van der Waals surface area (Å²) < 4.78 is 11.0. The quantitative estimate of drug-likeness (QED) is 0.685. The smallest absolute Gasteiger partial charge is 0.0590 e. The molecule has 0 aromatic carbocycles. The van der Waals surface area contributed by atoms with Gasteiger partial charge in [0.25, 0.3) is 0 Å². The highest BCUT2D eigenvalue weighted by Crippen LogP contribution is 2.18. The average Bonchev–Trinajstić information content (AvgIpc) is 2.11. The number of hydrogen-bond acceptors (Lipinski definition) is 3. The Hall–Kier alpha value is -0.120. The highest BCUT2D eigenvalue weighted by Gasteiger charge is 2.23. The monoisotopic (exact) mass is 201 g/mol. The Labute approximate surface area is 87.2 Å². The summed E-state index contributed by atoms with van der Waals surface area (Å²) in [6.07, 6.45) is 3.03. The van der Waals surface area contributed by atoms with Crippen molar-refractivity contribution in [3.8, 4) is 0 Å². The van der Waals surface area contributed by atoms with E-state index in [1.165, 1.54) is 0 Å². The van der Waals surface area contributed by atoms with Crippen LogP contribution in [0.25, 0.3) is 0 Å². The van der Waals surface area contributed by atoms with Crippen molar-refractivity contribution >= 4 is 0 Å². The fourth-order valence-corrected chi connectivity index (χ4v) is 2.05. The van der Waals surface area contributed by atoms with E-state index in [2.05, 4.69) is 19.2 Å². The first-order valence-corrected chi connectivity index (χ1v) is 5.69. The van der Waals surface area contributed by atoms with Crippen LogP contribution in [0.3, 0.4) is 0 Å². The molecule has 1 aliphatic rings. The van der Waals surface area contributed by atoms with Crippen molar-refractivity contribution in [2.24, 2.45) is 0 Å². The lowest BCUT2D eigenvalue weighted by molar-refractivity contribution is -0.0427. The van der Waals surface area contributed by atoms with Gasteiger partial charge >= 0.3 is 0 Å². The maximum absolute atomic E-state index is 5.67. The van der Waals surface area contributed by atoms with E-state index in [4.69, 9.17) is 9.47 Å². The fraction of sp³-hybridized carbons (Fsp3) is 1.00. The van der Waals surface area contributed by atoms with Crippen LogP contribution >= 0.6 is 0 Å². The molecule has 1 heterocycles. The van der Waals surface area contributed by atoms with E-state index >= 15 is 0 Å². The second-order valence-corrected chi connectivity index (χ2v) is 4.08. The summed E-state index contributed by atoms with van der Waals surface area (Å²) in [6.45, 7) is 8.90. The molecule has 3 nitrogen and oxygen atoms in total. The van der Waals surface area contributed by atoms with E-state index in [-0.39, 0.29) is 0 Å².